The van der Waals surface area contributed by atoms with Crippen LogP contribution in [0.15, 0.2) is 36.4 Å². The topological polar surface area (TPSA) is 70.2 Å². The van der Waals surface area contributed by atoms with Crippen LogP contribution in [0.25, 0.3) is 0 Å². The minimum atomic E-state index is -3.28. The van der Waals surface area contributed by atoms with Gasteiger partial charge < -0.3 is 14.5 Å². The van der Waals surface area contributed by atoms with Crippen LogP contribution < -0.4 is 4.74 Å². The number of benzene rings is 2. The maximum absolute atomic E-state index is 13.4. The summed E-state index contributed by atoms with van der Waals surface area (Å²) in [6, 6.07) is 9.62. The van der Waals surface area contributed by atoms with Crippen molar-refractivity contribution >= 4 is 50.9 Å². The summed E-state index contributed by atoms with van der Waals surface area (Å²) in [5.74, 6) is 0.0639. The summed E-state index contributed by atoms with van der Waals surface area (Å²) in [6.45, 7) is 2.63. The number of halogens is 4. The van der Waals surface area contributed by atoms with Gasteiger partial charge in [-0.2, -0.15) is 4.31 Å². The number of ether oxygens (including phenoxy) is 1. The highest BCUT2D eigenvalue weighted by atomic mass is 35.5. The van der Waals surface area contributed by atoms with E-state index in [1.54, 1.807) is 11.0 Å². The molecule has 196 valence electrons. The fourth-order valence-electron chi connectivity index (χ4n) is 4.75. The van der Waals surface area contributed by atoms with Gasteiger partial charge in [-0.05, 0) is 42.2 Å². The molecule has 2 aliphatic heterocycles. The SMILES string of the molecule is CS(=O)(=O)N1CCN(C(=O)N2CC(CCOc3ccc(F)c(Cl)c3)C(c3ccc(Cl)c(Cl)c3)C2)CC1. The zero-order valence-electron chi connectivity index (χ0n) is 19.7. The largest absolute Gasteiger partial charge is 0.494 e. The molecule has 2 atom stereocenters. The van der Waals surface area contributed by atoms with Crippen LogP contribution in [0.1, 0.15) is 17.9 Å². The predicted molar refractivity (Wildman–Crippen MR) is 139 cm³/mol. The molecule has 2 aromatic carbocycles. The lowest BCUT2D eigenvalue weighted by Crippen LogP contribution is -2.53. The van der Waals surface area contributed by atoms with E-state index in [2.05, 4.69) is 0 Å². The van der Waals surface area contributed by atoms with Gasteiger partial charge in [-0.15, -0.1) is 0 Å². The lowest BCUT2D eigenvalue weighted by molar-refractivity contribution is 0.140. The summed E-state index contributed by atoms with van der Waals surface area (Å²) in [5.41, 5.74) is 0.983. The van der Waals surface area contributed by atoms with Crippen LogP contribution in [0.2, 0.25) is 15.1 Å². The molecule has 2 saturated heterocycles. The van der Waals surface area contributed by atoms with E-state index in [1.807, 2.05) is 17.0 Å². The van der Waals surface area contributed by atoms with Gasteiger partial charge in [0.25, 0.3) is 0 Å². The summed E-state index contributed by atoms with van der Waals surface area (Å²) in [4.78, 5) is 16.8. The van der Waals surface area contributed by atoms with Gasteiger partial charge in [-0.25, -0.2) is 17.6 Å². The van der Waals surface area contributed by atoms with E-state index in [1.165, 1.54) is 28.8 Å². The van der Waals surface area contributed by atoms with E-state index in [9.17, 15) is 17.6 Å². The Morgan fingerprint density at radius 3 is 2.33 bits per heavy atom. The molecule has 2 unspecified atom stereocenters. The highest BCUT2D eigenvalue weighted by Gasteiger charge is 2.38. The first kappa shape index (κ1) is 27.3. The third kappa shape index (κ3) is 6.37. The molecule has 0 aromatic heterocycles. The Balaban J connectivity index is 1.44. The first-order valence-corrected chi connectivity index (χ1v) is 14.5. The van der Waals surface area contributed by atoms with Crippen LogP contribution in [0, 0.1) is 11.7 Å². The maximum atomic E-state index is 13.4. The predicted octanol–water partition coefficient (Wildman–Crippen LogP) is 4.97. The Morgan fingerprint density at radius 2 is 1.69 bits per heavy atom. The maximum Gasteiger partial charge on any atom is 0.320 e. The molecule has 4 rings (SSSR count). The molecular weight excluding hydrogens is 552 g/mol. The number of rotatable bonds is 6. The average Bonchev–Trinajstić information content (AvgIpc) is 3.26. The van der Waals surface area contributed by atoms with Crippen LogP contribution in [0.5, 0.6) is 5.75 Å². The Kier molecular flexibility index (Phi) is 8.56. The van der Waals surface area contributed by atoms with Crippen molar-refractivity contribution in [1.29, 1.82) is 0 Å². The van der Waals surface area contributed by atoms with Gasteiger partial charge in [0.05, 0.1) is 27.9 Å². The third-order valence-electron chi connectivity index (χ3n) is 6.71. The smallest absolute Gasteiger partial charge is 0.320 e. The molecule has 2 aliphatic rings. The van der Waals surface area contributed by atoms with E-state index >= 15 is 0 Å². The van der Waals surface area contributed by atoms with Crippen LogP contribution in [-0.4, -0.2) is 80.7 Å². The molecule has 2 aromatic rings. The molecular formula is C24H27Cl3FN3O4S. The summed E-state index contributed by atoms with van der Waals surface area (Å²) in [6.07, 6.45) is 1.82. The molecule has 12 heteroatoms. The number of hydrogen-bond acceptors (Lipinski definition) is 4. The standard InChI is InChI=1S/C24H27Cl3FN3O4S/c1-36(33,34)31-9-7-29(8-10-31)24(32)30-14-17(6-11-35-18-3-5-23(28)22(27)13-18)19(15-30)16-2-4-20(25)21(26)12-16/h2-5,12-13,17,19H,6-11,14-15H2,1H3. The van der Waals surface area contributed by atoms with Crippen molar-refractivity contribution in [3.63, 3.8) is 0 Å². The van der Waals surface area contributed by atoms with E-state index in [-0.39, 0.29) is 36.0 Å². The summed E-state index contributed by atoms with van der Waals surface area (Å²) in [7, 11) is -3.28. The molecule has 0 N–H and O–H groups in total. The van der Waals surface area contributed by atoms with Gasteiger partial charge >= 0.3 is 6.03 Å². The van der Waals surface area contributed by atoms with Crippen molar-refractivity contribution in [2.75, 3.05) is 52.1 Å². The van der Waals surface area contributed by atoms with Crippen molar-refractivity contribution in [3.05, 3.63) is 62.8 Å². The molecule has 0 spiro atoms. The van der Waals surface area contributed by atoms with Crippen molar-refractivity contribution in [3.8, 4) is 5.75 Å². The number of carbonyl (C=O) groups excluding carboxylic acids is 1. The highest BCUT2D eigenvalue weighted by molar-refractivity contribution is 7.88. The van der Waals surface area contributed by atoms with Gasteiger partial charge in [0.2, 0.25) is 10.0 Å². The molecule has 0 radical (unpaired) electrons. The monoisotopic (exact) mass is 577 g/mol. The minimum Gasteiger partial charge on any atom is -0.494 e. The van der Waals surface area contributed by atoms with Crippen molar-refractivity contribution in [2.45, 2.75) is 12.3 Å². The highest BCUT2D eigenvalue weighted by Crippen LogP contribution is 2.38. The fourth-order valence-corrected chi connectivity index (χ4v) is 6.05. The lowest BCUT2D eigenvalue weighted by Gasteiger charge is -2.35. The second kappa shape index (κ2) is 11.3. The Hall–Kier alpha value is -1.78. The number of carbonyl (C=O) groups is 1. The van der Waals surface area contributed by atoms with Crippen LogP contribution in [0.3, 0.4) is 0 Å². The Bertz CT molecular complexity index is 1230. The number of amides is 2. The van der Waals surface area contributed by atoms with Gasteiger partial charge in [0.15, 0.2) is 0 Å². The fraction of sp³-hybridized carbons (Fsp3) is 0.458. The van der Waals surface area contributed by atoms with Crippen LogP contribution in [-0.2, 0) is 10.0 Å². The molecule has 0 saturated carbocycles. The third-order valence-corrected chi connectivity index (χ3v) is 9.04. The van der Waals surface area contributed by atoms with Crippen molar-refractivity contribution in [2.24, 2.45) is 5.92 Å². The number of piperazine rings is 1. The normalized spacial score (nSPS) is 21.1. The molecule has 2 amide bonds. The zero-order valence-corrected chi connectivity index (χ0v) is 22.8. The van der Waals surface area contributed by atoms with E-state index < -0.39 is 15.8 Å². The van der Waals surface area contributed by atoms with Crippen LogP contribution in [0.4, 0.5) is 9.18 Å². The quantitative estimate of drug-likeness (QED) is 0.486. The molecule has 2 fully saturated rings. The van der Waals surface area contributed by atoms with Gasteiger partial charge in [0.1, 0.15) is 11.6 Å². The number of urea groups is 1. The summed E-state index contributed by atoms with van der Waals surface area (Å²) >= 11 is 18.2. The molecule has 7 nitrogen and oxygen atoms in total. The number of likely N-dealkylation sites (tertiary alicyclic amines) is 1. The number of nitrogens with zero attached hydrogens (tertiary/aromatic N) is 3. The molecule has 2 heterocycles. The molecule has 36 heavy (non-hydrogen) atoms. The minimum absolute atomic E-state index is 0.00482. The first-order chi connectivity index (χ1) is 17.0. The second-order valence-corrected chi connectivity index (χ2v) is 12.3. The van der Waals surface area contributed by atoms with Crippen molar-refractivity contribution < 1.29 is 22.3 Å². The Labute approximate surface area is 225 Å². The zero-order chi connectivity index (χ0) is 26.0. The lowest BCUT2D eigenvalue weighted by atomic mass is 9.87. The molecule has 0 aliphatic carbocycles. The van der Waals surface area contributed by atoms with Gasteiger partial charge in [-0.1, -0.05) is 40.9 Å². The van der Waals surface area contributed by atoms with E-state index in [0.717, 1.165) is 5.56 Å². The number of sulfonamides is 1. The first-order valence-electron chi connectivity index (χ1n) is 11.5. The number of hydrogen-bond donors (Lipinski definition) is 0. The Morgan fingerprint density at radius 1 is 0.972 bits per heavy atom. The molecule has 0 bridgehead atoms. The van der Waals surface area contributed by atoms with E-state index in [4.69, 9.17) is 39.5 Å². The van der Waals surface area contributed by atoms with E-state index in [0.29, 0.717) is 55.0 Å². The second-order valence-electron chi connectivity index (χ2n) is 9.09. The summed E-state index contributed by atoms with van der Waals surface area (Å²) < 4.78 is 44.3. The van der Waals surface area contributed by atoms with Gasteiger partial charge in [-0.3, -0.25) is 0 Å². The average molecular weight is 579 g/mol. The van der Waals surface area contributed by atoms with Gasteiger partial charge in [0, 0.05) is 51.3 Å². The van der Waals surface area contributed by atoms with Crippen molar-refractivity contribution in [1.82, 2.24) is 14.1 Å². The van der Waals surface area contributed by atoms with Crippen LogP contribution >= 0.6 is 34.8 Å². The summed E-state index contributed by atoms with van der Waals surface area (Å²) in [5, 5.41) is 0.907.